The Bertz CT molecular complexity index is 2770. The summed E-state index contributed by atoms with van der Waals surface area (Å²) in [5, 5.41) is 10.5. The van der Waals surface area contributed by atoms with Crippen LogP contribution in [0.1, 0.15) is 49.9 Å². The lowest BCUT2D eigenvalue weighted by Gasteiger charge is -2.25. The van der Waals surface area contributed by atoms with Crippen LogP contribution in [0.4, 0.5) is 0 Å². The first-order chi connectivity index (χ1) is 25.3. The van der Waals surface area contributed by atoms with Crippen molar-refractivity contribution in [3.63, 3.8) is 0 Å². The van der Waals surface area contributed by atoms with Crippen molar-refractivity contribution in [1.82, 2.24) is 0 Å². The van der Waals surface area contributed by atoms with E-state index in [1.54, 1.807) is 0 Å². The van der Waals surface area contributed by atoms with Crippen LogP contribution in [0, 0.1) is 0 Å². The second kappa shape index (κ2) is 10.3. The van der Waals surface area contributed by atoms with Gasteiger partial charge in [0, 0.05) is 10.8 Å². The maximum atomic E-state index is 2.56. The van der Waals surface area contributed by atoms with E-state index < -0.39 is 0 Å². The number of fused-ring (bicyclic) bond motifs is 13. The van der Waals surface area contributed by atoms with Crippen LogP contribution < -0.4 is 0 Å². The maximum absolute atomic E-state index is 2.56. The third kappa shape index (κ3) is 3.82. The van der Waals surface area contributed by atoms with Gasteiger partial charge in [-0.1, -0.05) is 161 Å². The van der Waals surface area contributed by atoms with Crippen molar-refractivity contribution in [1.29, 1.82) is 0 Å². The van der Waals surface area contributed by atoms with Crippen molar-refractivity contribution in [2.24, 2.45) is 0 Å². The molecule has 0 atom stereocenters. The van der Waals surface area contributed by atoms with Gasteiger partial charge >= 0.3 is 0 Å². The molecule has 0 heterocycles. The van der Waals surface area contributed by atoms with Crippen LogP contribution in [0.5, 0.6) is 0 Å². The van der Waals surface area contributed by atoms with Crippen molar-refractivity contribution >= 4 is 43.1 Å². The summed E-state index contributed by atoms with van der Waals surface area (Å²) in [4.78, 5) is 0. The van der Waals surface area contributed by atoms with Crippen LogP contribution in [0.3, 0.4) is 0 Å². The van der Waals surface area contributed by atoms with Gasteiger partial charge in [-0.15, -0.1) is 0 Å². The van der Waals surface area contributed by atoms with Crippen LogP contribution in [0.15, 0.2) is 158 Å². The van der Waals surface area contributed by atoms with Crippen molar-refractivity contribution in [3.8, 4) is 44.5 Å². The van der Waals surface area contributed by atoms with Crippen LogP contribution in [0.2, 0.25) is 0 Å². The molecular formula is C52H38. The lowest BCUT2D eigenvalue weighted by Crippen LogP contribution is -2.15. The van der Waals surface area contributed by atoms with E-state index in [0.717, 1.165) is 0 Å². The summed E-state index contributed by atoms with van der Waals surface area (Å²) in [6.07, 6.45) is 0. The van der Waals surface area contributed by atoms with Gasteiger partial charge in [-0.25, -0.2) is 0 Å². The third-order valence-electron chi connectivity index (χ3n) is 12.6. The molecule has 0 aliphatic heterocycles. The SMILES string of the molecule is CC1(C)c2cc3c(-c4ccccc4)c(-c4ccccc4)c4cc5c(cc4c3cc2-c2c1ccc1ccccc21)-c1c(ccc2ccccc12)C5(C)C. The first-order valence-electron chi connectivity index (χ1n) is 18.6. The highest BCUT2D eigenvalue weighted by molar-refractivity contribution is 6.24. The minimum Gasteiger partial charge on any atom is -0.0622 e. The van der Waals surface area contributed by atoms with E-state index in [4.69, 9.17) is 0 Å². The van der Waals surface area contributed by atoms with Gasteiger partial charge in [0.05, 0.1) is 0 Å². The molecule has 0 spiro atoms. The quantitative estimate of drug-likeness (QED) is 0.162. The van der Waals surface area contributed by atoms with Crippen LogP contribution in [-0.4, -0.2) is 0 Å². The highest BCUT2D eigenvalue weighted by Gasteiger charge is 2.39. The highest BCUT2D eigenvalue weighted by Crippen LogP contribution is 2.57. The Labute approximate surface area is 305 Å². The molecule has 2 aliphatic carbocycles. The molecule has 0 bridgehead atoms. The fraction of sp³-hybridized carbons (Fsp3) is 0.115. The summed E-state index contributed by atoms with van der Waals surface area (Å²) in [6.45, 7) is 9.65. The van der Waals surface area contributed by atoms with E-state index >= 15 is 0 Å². The Balaban J connectivity index is 1.37. The van der Waals surface area contributed by atoms with E-state index in [1.165, 1.54) is 110 Å². The standard InChI is InChI=1S/C52H38/c1-51(2)43-25-23-31-15-11-13-21-35(31)49(43)41-27-37-38-28-42-46(52(3,4)44-26-24-32-16-12-14-22-36(32)50(42)44)30-40(38)48(34-19-9-6-10-20-34)47(39(37)29-45(41)51)33-17-7-5-8-18-33/h5-30H,1-4H3. The van der Waals surface area contributed by atoms with Crippen LogP contribution >= 0.6 is 0 Å². The summed E-state index contributed by atoms with van der Waals surface area (Å²) in [6, 6.07) is 59.7. The molecule has 0 amide bonds. The lowest BCUT2D eigenvalue weighted by molar-refractivity contribution is 0.661. The summed E-state index contributed by atoms with van der Waals surface area (Å²) in [5.74, 6) is 0. The molecule has 0 saturated carbocycles. The van der Waals surface area contributed by atoms with Gasteiger partial charge in [-0.3, -0.25) is 0 Å². The summed E-state index contributed by atoms with van der Waals surface area (Å²) < 4.78 is 0. The minimum atomic E-state index is -0.140. The number of hydrogen-bond donors (Lipinski definition) is 0. The smallest absolute Gasteiger partial charge is 0.0159 e. The Morgan fingerprint density at radius 3 is 1.10 bits per heavy atom. The predicted molar refractivity (Wildman–Crippen MR) is 222 cm³/mol. The zero-order valence-electron chi connectivity index (χ0n) is 30.0. The Morgan fingerprint density at radius 2 is 0.673 bits per heavy atom. The van der Waals surface area contributed by atoms with Crippen LogP contribution in [0.25, 0.3) is 87.6 Å². The molecule has 2 aliphatic rings. The van der Waals surface area contributed by atoms with E-state index in [1.807, 2.05) is 0 Å². The number of rotatable bonds is 2. The minimum absolute atomic E-state index is 0.140. The van der Waals surface area contributed by atoms with E-state index in [2.05, 4.69) is 185 Å². The summed E-state index contributed by atoms with van der Waals surface area (Å²) >= 11 is 0. The molecule has 9 aromatic carbocycles. The maximum Gasteiger partial charge on any atom is 0.0159 e. The molecule has 9 aromatic rings. The molecular weight excluding hydrogens is 625 g/mol. The van der Waals surface area contributed by atoms with E-state index in [-0.39, 0.29) is 10.8 Å². The van der Waals surface area contributed by atoms with Gasteiger partial charge in [-0.2, -0.15) is 0 Å². The van der Waals surface area contributed by atoms with Crippen molar-refractivity contribution in [3.05, 3.63) is 180 Å². The van der Waals surface area contributed by atoms with Crippen LogP contribution in [-0.2, 0) is 10.8 Å². The Hall–Kier alpha value is -5.98. The number of hydrogen-bond acceptors (Lipinski definition) is 0. The van der Waals surface area contributed by atoms with Crippen molar-refractivity contribution in [2.75, 3.05) is 0 Å². The summed E-state index contributed by atoms with van der Waals surface area (Å²) in [7, 11) is 0. The molecule has 0 heteroatoms. The molecule has 0 aromatic heterocycles. The fourth-order valence-electron chi connectivity index (χ4n) is 10.0. The first kappa shape index (κ1) is 29.7. The predicted octanol–water partition coefficient (Wildman–Crippen LogP) is 14.2. The average molecular weight is 663 g/mol. The molecule has 0 saturated heterocycles. The van der Waals surface area contributed by atoms with Crippen molar-refractivity contribution in [2.45, 2.75) is 38.5 Å². The molecule has 52 heavy (non-hydrogen) atoms. The third-order valence-corrected chi connectivity index (χ3v) is 12.6. The van der Waals surface area contributed by atoms with Gasteiger partial charge in [0.1, 0.15) is 0 Å². The zero-order chi connectivity index (χ0) is 34.9. The largest absolute Gasteiger partial charge is 0.0622 e. The zero-order valence-corrected chi connectivity index (χ0v) is 30.0. The van der Waals surface area contributed by atoms with Gasteiger partial charge in [0.2, 0.25) is 0 Å². The molecule has 0 unspecified atom stereocenters. The highest BCUT2D eigenvalue weighted by atomic mass is 14.4. The topological polar surface area (TPSA) is 0 Å². The molecule has 246 valence electrons. The Morgan fingerprint density at radius 1 is 0.288 bits per heavy atom. The van der Waals surface area contributed by atoms with Gasteiger partial charge in [-0.05, 0) is 134 Å². The Kier molecular flexibility index (Phi) is 5.89. The van der Waals surface area contributed by atoms with Gasteiger partial charge in [0.25, 0.3) is 0 Å². The molecule has 0 fully saturated rings. The van der Waals surface area contributed by atoms with E-state index in [9.17, 15) is 0 Å². The lowest BCUT2D eigenvalue weighted by atomic mass is 9.77. The van der Waals surface area contributed by atoms with Gasteiger partial charge < -0.3 is 0 Å². The first-order valence-corrected chi connectivity index (χ1v) is 18.6. The monoisotopic (exact) mass is 662 g/mol. The molecule has 0 radical (unpaired) electrons. The number of benzene rings is 9. The molecule has 0 nitrogen and oxygen atoms in total. The van der Waals surface area contributed by atoms with E-state index in [0.29, 0.717) is 0 Å². The normalized spacial score (nSPS) is 14.8. The fourth-order valence-corrected chi connectivity index (χ4v) is 10.0. The average Bonchev–Trinajstić information content (AvgIpc) is 3.55. The summed E-state index contributed by atoms with van der Waals surface area (Å²) in [5.41, 5.74) is 16.0. The second-order valence-electron chi connectivity index (χ2n) is 16.0. The molecule has 0 N–H and O–H groups in total. The molecule has 11 rings (SSSR count). The van der Waals surface area contributed by atoms with Crippen molar-refractivity contribution < 1.29 is 0 Å². The van der Waals surface area contributed by atoms with Gasteiger partial charge in [0.15, 0.2) is 0 Å². The second-order valence-corrected chi connectivity index (χ2v) is 16.0.